The van der Waals surface area contributed by atoms with Crippen molar-refractivity contribution in [2.75, 3.05) is 18.0 Å². The van der Waals surface area contributed by atoms with Crippen LogP contribution in [0.3, 0.4) is 0 Å². The zero-order valence-electron chi connectivity index (χ0n) is 12.4. The van der Waals surface area contributed by atoms with Crippen LogP contribution in [0.25, 0.3) is 0 Å². The summed E-state index contributed by atoms with van der Waals surface area (Å²) in [7, 11) is -2.66. The van der Waals surface area contributed by atoms with E-state index < -0.39 is 15.8 Å². The van der Waals surface area contributed by atoms with Gasteiger partial charge in [-0.05, 0) is 36.4 Å². The first-order valence-electron chi connectivity index (χ1n) is 6.63. The third-order valence-electron chi connectivity index (χ3n) is 3.10. The zero-order chi connectivity index (χ0) is 17.0. The number of sulfonamides is 1. The molecule has 122 valence electrons. The van der Waals surface area contributed by atoms with Gasteiger partial charge in [-0.15, -0.1) is 6.58 Å². The largest absolute Gasteiger partial charge is 0.494 e. The number of methoxy groups -OCH3 is 1. The molecule has 0 amide bonds. The fourth-order valence-corrected chi connectivity index (χ4v) is 3.65. The molecule has 0 heterocycles. The van der Waals surface area contributed by atoms with Crippen LogP contribution in [0.4, 0.5) is 10.1 Å². The molecule has 0 N–H and O–H groups in total. The molecule has 0 saturated heterocycles. The number of halogens is 2. The Kier molecular flexibility index (Phi) is 5.28. The minimum absolute atomic E-state index is 0.0241. The Morgan fingerprint density at radius 3 is 2.61 bits per heavy atom. The Balaban J connectivity index is 2.53. The van der Waals surface area contributed by atoms with Crippen molar-refractivity contribution < 1.29 is 17.5 Å². The van der Waals surface area contributed by atoms with Crippen LogP contribution in [-0.4, -0.2) is 22.1 Å². The van der Waals surface area contributed by atoms with Crippen molar-refractivity contribution in [2.45, 2.75) is 4.90 Å². The SMILES string of the molecule is C=CCN(c1cccc(Cl)c1)S(=O)(=O)c1ccc(OC)c(F)c1. The second-order valence-electron chi connectivity index (χ2n) is 4.60. The third-order valence-corrected chi connectivity index (χ3v) is 5.13. The molecule has 4 nitrogen and oxygen atoms in total. The van der Waals surface area contributed by atoms with Gasteiger partial charge in [0.05, 0.1) is 24.2 Å². The van der Waals surface area contributed by atoms with Gasteiger partial charge in [0, 0.05) is 5.02 Å². The Hall–Kier alpha value is -2.05. The lowest BCUT2D eigenvalue weighted by atomic mass is 10.3. The molecule has 2 aromatic carbocycles. The maximum atomic E-state index is 13.8. The predicted octanol–water partition coefficient (Wildman–Crippen LogP) is 3.87. The molecule has 0 saturated carbocycles. The molecular weight excluding hydrogens is 341 g/mol. The van der Waals surface area contributed by atoms with Gasteiger partial charge in [-0.1, -0.05) is 23.7 Å². The van der Waals surface area contributed by atoms with Gasteiger partial charge in [0.2, 0.25) is 0 Å². The van der Waals surface area contributed by atoms with Crippen LogP contribution in [0.2, 0.25) is 5.02 Å². The zero-order valence-corrected chi connectivity index (χ0v) is 13.9. The van der Waals surface area contributed by atoms with E-state index in [1.54, 1.807) is 18.2 Å². The molecule has 0 atom stereocenters. The number of anilines is 1. The fourth-order valence-electron chi connectivity index (χ4n) is 2.03. The molecule has 0 fully saturated rings. The van der Waals surface area contributed by atoms with Crippen molar-refractivity contribution in [2.24, 2.45) is 0 Å². The minimum atomic E-state index is -3.97. The van der Waals surface area contributed by atoms with Crippen LogP contribution >= 0.6 is 11.6 Å². The van der Waals surface area contributed by atoms with Crippen LogP contribution in [0.1, 0.15) is 0 Å². The molecule has 0 spiro atoms. The summed E-state index contributed by atoms with van der Waals surface area (Å²) in [4.78, 5) is -0.183. The van der Waals surface area contributed by atoms with Crippen molar-refractivity contribution in [3.63, 3.8) is 0 Å². The van der Waals surface area contributed by atoms with Crippen molar-refractivity contribution in [3.8, 4) is 5.75 Å². The summed E-state index contributed by atoms with van der Waals surface area (Å²) >= 11 is 5.93. The van der Waals surface area contributed by atoms with Crippen LogP contribution in [-0.2, 0) is 10.0 Å². The summed E-state index contributed by atoms with van der Waals surface area (Å²) in [5.41, 5.74) is 0.369. The first kappa shape index (κ1) is 17.3. The standard InChI is InChI=1S/C16H15ClFNO3S/c1-3-9-19(13-6-4-5-12(17)10-13)23(20,21)14-7-8-16(22-2)15(18)11-14/h3-8,10-11H,1,9H2,2H3. The molecule has 7 heteroatoms. The molecule has 0 unspecified atom stereocenters. The van der Waals surface area contributed by atoms with Gasteiger partial charge in [0.15, 0.2) is 11.6 Å². The van der Waals surface area contributed by atoms with E-state index >= 15 is 0 Å². The third kappa shape index (κ3) is 3.65. The summed E-state index contributed by atoms with van der Waals surface area (Å²) in [6.45, 7) is 3.59. The molecule has 0 aliphatic heterocycles. The normalized spacial score (nSPS) is 11.1. The Labute approximate surface area is 139 Å². The minimum Gasteiger partial charge on any atom is -0.494 e. The Morgan fingerprint density at radius 1 is 1.30 bits per heavy atom. The van der Waals surface area contributed by atoms with Crippen molar-refractivity contribution >= 4 is 27.3 Å². The smallest absolute Gasteiger partial charge is 0.264 e. The second-order valence-corrected chi connectivity index (χ2v) is 6.90. The van der Waals surface area contributed by atoms with Crippen molar-refractivity contribution in [3.05, 3.63) is 66.0 Å². The van der Waals surface area contributed by atoms with E-state index in [1.165, 1.54) is 31.4 Å². The van der Waals surface area contributed by atoms with Crippen molar-refractivity contribution in [1.82, 2.24) is 0 Å². The first-order chi connectivity index (χ1) is 10.9. The van der Waals surface area contributed by atoms with Crippen LogP contribution < -0.4 is 9.04 Å². The number of hydrogen-bond acceptors (Lipinski definition) is 3. The van der Waals surface area contributed by atoms with E-state index in [9.17, 15) is 12.8 Å². The van der Waals surface area contributed by atoms with E-state index in [2.05, 4.69) is 6.58 Å². The monoisotopic (exact) mass is 355 g/mol. The lowest BCUT2D eigenvalue weighted by molar-refractivity contribution is 0.385. The fraction of sp³-hybridized carbons (Fsp3) is 0.125. The van der Waals surface area contributed by atoms with Gasteiger partial charge in [-0.25, -0.2) is 12.8 Å². The van der Waals surface area contributed by atoms with Crippen LogP contribution in [0.15, 0.2) is 60.0 Å². The summed E-state index contributed by atoms with van der Waals surface area (Å²) in [6.07, 6.45) is 1.44. The first-order valence-corrected chi connectivity index (χ1v) is 8.44. The summed E-state index contributed by atoms with van der Waals surface area (Å²) in [5, 5.41) is 0.396. The molecule has 0 aliphatic carbocycles. The topological polar surface area (TPSA) is 46.6 Å². The molecule has 2 rings (SSSR count). The van der Waals surface area contributed by atoms with Gasteiger partial charge >= 0.3 is 0 Å². The maximum Gasteiger partial charge on any atom is 0.264 e. The van der Waals surface area contributed by atoms with E-state index in [1.807, 2.05) is 0 Å². The van der Waals surface area contributed by atoms with Crippen molar-refractivity contribution in [1.29, 1.82) is 0 Å². The molecule has 0 radical (unpaired) electrons. The summed E-state index contributed by atoms with van der Waals surface area (Å²) in [5.74, 6) is -0.778. The number of hydrogen-bond donors (Lipinski definition) is 0. The molecule has 0 bridgehead atoms. The van der Waals surface area contributed by atoms with E-state index in [0.717, 1.165) is 10.4 Å². The van der Waals surface area contributed by atoms with Gasteiger partial charge in [0.1, 0.15) is 0 Å². The summed E-state index contributed by atoms with van der Waals surface area (Å²) < 4.78 is 45.4. The van der Waals surface area contributed by atoms with E-state index in [0.29, 0.717) is 10.7 Å². The molecular formula is C16H15ClFNO3S. The lowest BCUT2D eigenvalue weighted by Gasteiger charge is -2.23. The molecule has 2 aromatic rings. The Morgan fingerprint density at radius 2 is 2.04 bits per heavy atom. The van der Waals surface area contributed by atoms with Crippen LogP contribution in [0, 0.1) is 5.82 Å². The highest BCUT2D eigenvalue weighted by Crippen LogP contribution is 2.28. The average molecular weight is 356 g/mol. The number of ether oxygens (including phenoxy) is 1. The molecule has 0 aliphatic rings. The highest BCUT2D eigenvalue weighted by Gasteiger charge is 2.25. The van der Waals surface area contributed by atoms with Gasteiger partial charge < -0.3 is 4.74 Å². The maximum absolute atomic E-state index is 13.8. The molecule has 0 aromatic heterocycles. The highest BCUT2D eigenvalue weighted by molar-refractivity contribution is 7.92. The van der Waals surface area contributed by atoms with Gasteiger partial charge in [-0.3, -0.25) is 4.31 Å². The number of benzene rings is 2. The van der Waals surface area contributed by atoms with Gasteiger partial charge in [-0.2, -0.15) is 0 Å². The average Bonchev–Trinajstić information content (AvgIpc) is 2.52. The highest BCUT2D eigenvalue weighted by atomic mass is 35.5. The second kappa shape index (κ2) is 7.02. The Bertz CT molecular complexity index is 824. The van der Waals surface area contributed by atoms with E-state index in [4.69, 9.17) is 16.3 Å². The lowest BCUT2D eigenvalue weighted by Crippen LogP contribution is -2.31. The summed E-state index contributed by atoms with van der Waals surface area (Å²) in [6, 6.07) is 9.88. The number of rotatable bonds is 6. The van der Waals surface area contributed by atoms with Crippen LogP contribution in [0.5, 0.6) is 5.75 Å². The van der Waals surface area contributed by atoms with Gasteiger partial charge in [0.25, 0.3) is 10.0 Å². The predicted molar refractivity (Wildman–Crippen MR) is 89.1 cm³/mol. The number of nitrogens with zero attached hydrogens (tertiary/aromatic N) is 1. The van der Waals surface area contributed by atoms with E-state index in [-0.39, 0.29) is 17.2 Å². The quantitative estimate of drug-likeness (QED) is 0.739. The molecule has 23 heavy (non-hydrogen) atoms.